The first-order valence-corrected chi connectivity index (χ1v) is 11.4. The monoisotopic (exact) mass is 466 g/mol. The van der Waals surface area contributed by atoms with Crippen LogP contribution in [0.5, 0.6) is 11.5 Å². The van der Waals surface area contributed by atoms with E-state index in [9.17, 15) is 9.18 Å². The van der Waals surface area contributed by atoms with Gasteiger partial charge in [-0.05, 0) is 77.9 Å². The number of rotatable bonds is 12. The third kappa shape index (κ3) is 6.58. The topological polar surface area (TPSA) is 65.0 Å². The first-order valence-electron chi connectivity index (χ1n) is 11.4. The molecule has 1 N–H and O–H groups in total. The average molecular weight is 467 g/mol. The maximum Gasteiger partial charge on any atom is 0.303 e. The van der Waals surface area contributed by atoms with Crippen LogP contribution in [-0.2, 0) is 22.7 Å². The molecule has 5 nitrogen and oxygen atoms in total. The second kappa shape index (κ2) is 12.2. The third-order valence-corrected chi connectivity index (χ3v) is 5.74. The lowest BCUT2D eigenvalue weighted by Crippen LogP contribution is -2.06. The van der Waals surface area contributed by atoms with Gasteiger partial charge in [0.15, 0.2) is 0 Å². The Balaban J connectivity index is 1.82. The fourth-order valence-electron chi connectivity index (χ4n) is 3.90. The Kier molecular flexibility index (Phi) is 9.05. The van der Waals surface area contributed by atoms with E-state index >= 15 is 0 Å². The fourth-order valence-corrected chi connectivity index (χ4v) is 3.90. The molecule has 0 amide bonds. The molecule has 0 aliphatic heterocycles. The number of benzene rings is 3. The largest absolute Gasteiger partial charge is 0.497 e. The summed E-state index contributed by atoms with van der Waals surface area (Å²) in [6.45, 7) is 5.11. The van der Waals surface area contributed by atoms with Crippen molar-refractivity contribution in [1.82, 2.24) is 0 Å². The Morgan fingerprint density at radius 3 is 2.50 bits per heavy atom. The van der Waals surface area contributed by atoms with E-state index in [1.165, 1.54) is 6.07 Å². The summed E-state index contributed by atoms with van der Waals surface area (Å²) in [5.41, 5.74) is 3.93. The molecule has 3 rings (SSSR count). The smallest absolute Gasteiger partial charge is 0.303 e. The van der Waals surface area contributed by atoms with Crippen LogP contribution in [0.3, 0.4) is 0 Å². The van der Waals surface area contributed by atoms with Crippen LogP contribution in [0.15, 0.2) is 60.7 Å². The van der Waals surface area contributed by atoms with E-state index in [1.54, 1.807) is 19.2 Å². The van der Waals surface area contributed by atoms with Crippen LogP contribution in [-0.4, -0.2) is 24.8 Å². The van der Waals surface area contributed by atoms with Gasteiger partial charge in [-0.3, -0.25) is 4.79 Å². The van der Waals surface area contributed by atoms with Crippen molar-refractivity contribution in [3.05, 3.63) is 83.2 Å². The Morgan fingerprint density at radius 1 is 0.971 bits per heavy atom. The van der Waals surface area contributed by atoms with Gasteiger partial charge in [-0.25, -0.2) is 4.39 Å². The fraction of sp³-hybridized carbons (Fsp3) is 0.321. The molecule has 6 heteroatoms. The van der Waals surface area contributed by atoms with Gasteiger partial charge in [-0.15, -0.1) is 0 Å². The van der Waals surface area contributed by atoms with Crippen LogP contribution in [0.4, 0.5) is 4.39 Å². The molecule has 0 unspecified atom stereocenters. The minimum atomic E-state index is -0.812. The van der Waals surface area contributed by atoms with E-state index in [2.05, 4.69) is 0 Å². The van der Waals surface area contributed by atoms with Crippen molar-refractivity contribution in [2.75, 3.05) is 13.7 Å². The lowest BCUT2D eigenvalue weighted by atomic mass is 9.93. The summed E-state index contributed by atoms with van der Waals surface area (Å²) in [5.74, 6) is 0.0598. The molecule has 0 saturated carbocycles. The van der Waals surface area contributed by atoms with Crippen LogP contribution in [0.25, 0.3) is 11.1 Å². The summed E-state index contributed by atoms with van der Waals surface area (Å²) in [7, 11) is 1.55. The molecule has 0 radical (unpaired) electrons. The Bertz CT molecular complexity index is 1110. The van der Waals surface area contributed by atoms with Gasteiger partial charge in [0.2, 0.25) is 0 Å². The molecule has 0 aromatic heterocycles. The first kappa shape index (κ1) is 25.2. The van der Waals surface area contributed by atoms with Crippen molar-refractivity contribution in [2.45, 2.75) is 45.8 Å². The molecular weight excluding hydrogens is 435 g/mol. The van der Waals surface area contributed by atoms with E-state index in [1.807, 2.05) is 56.3 Å². The highest BCUT2D eigenvalue weighted by molar-refractivity contribution is 5.70. The minimum absolute atomic E-state index is 0.0594. The van der Waals surface area contributed by atoms with Crippen molar-refractivity contribution in [3.63, 3.8) is 0 Å². The van der Waals surface area contributed by atoms with Gasteiger partial charge in [0.05, 0.1) is 20.1 Å². The predicted molar refractivity (Wildman–Crippen MR) is 130 cm³/mol. The molecule has 0 bridgehead atoms. The minimum Gasteiger partial charge on any atom is -0.497 e. The summed E-state index contributed by atoms with van der Waals surface area (Å²) in [4.78, 5) is 11.2. The highest BCUT2D eigenvalue weighted by Gasteiger charge is 2.15. The maximum atomic E-state index is 14.6. The first-order chi connectivity index (χ1) is 16.4. The van der Waals surface area contributed by atoms with Gasteiger partial charge >= 0.3 is 5.97 Å². The van der Waals surface area contributed by atoms with Crippen molar-refractivity contribution < 1.29 is 28.5 Å². The number of carbonyl (C=O) groups is 1. The standard InChI is InChI=1S/C28H31FO5/c1-4-20(15-28(30)31)21-7-6-8-24(14-21)34-17-19-9-11-25(22(13-19)18-33-5-2)26-16-23(32-3)10-12-27(26)29/h6-14,16,20H,4-5,15,17-18H2,1-3H3,(H,30,31)/t20-/m1/s1. The molecule has 0 fully saturated rings. The summed E-state index contributed by atoms with van der Waals surface area (Å²) in [5, 5.41) is 9.16. The molecule has 0 spiro atoms. The van der Waals surface area contributed by atoms with E-state index in [4.69, 9.17) is 19.3 Å². The molecule has 0 aliphatic carbocycles. The summed E-state index contributed by atoms with van der Waals surface area (Å²) in [6, 6.07) is 18.0. The number of halogens is 1. The summed E-state index contributed by atoms with van der Waals surface area (Å²) in [6.07, 6.45) is 0.821. The van der Waals surface area contributed by atoms with Crippen molar-refractivity contribution in [3.8, 4) is 22.6 Å². The van der Waals surface area contributed by atoms with Gasteiger partial charge < -0.3 is 19.3 Å². The van der Waals surface area contributed by atoms with Gasteiger partial charge in [0, 0.05) is 12.2 Å². The van der Waals surface area contributed by atoms with Gasteiger partial charge in [0.1, 0.15) is 23.9 Å². The van der Waals surface area contributed by atoms with Crippen LogP contribution >= 0.6 is 0 Å². The van der Waals surface area contributed by atoms with Crippen LogP contribution in [0.1, 0.15) is 49.3 Å². The second-order valence-corrected chi connectivity index (χ2v) is 8.04. The Labute approximate surface area is 200 Å². The molecule has 34 heavy (non-hydrogen) atoms. The number of ether oxygens (including phenoxy) is 3. The zero-order valence-corrected chi connectivity index (χ0v) is 19.8. The van der Waals surface area contributed by atoms with E-state index in [0.717, 1.165) is 28.7 Å². The van der Waals surface area contributed by atoms with Crippen LogP contribution < -0.4 is 9.47 Å². The Hall–Kier alpha value is -3.38. The number of hydrogen-bond donors (Lipinski definition) is 1. The molecule has 1 atom stereocenters. The zero-order chi connectivity index (χ0) is 24.5. The van der Waals surface area contributed by atoms with E-state index < -0.39 is 5.97 Å². The van der Waals surface area contributed by atoms with Gasteiger partial charge in [-0.1, -0.05) is 31.2 Å². The molecule has 180 valence electrons. The van der Waals surface area contributed by atoms with Crippen molar-refractivity contribution in [2.24, 2.45) is 0 Å². The zero-order valence-electron chi connectivity index (χ0n) is 19.8. The lowest BCUT2D eigenvalue weighted by molar-refractivity contribution is -0.137. The number of hydrogen-bond acceptors (Lipinski definition) is 4. The van der Waals surface area contributed by atoms with Gasteiger partial charge in [0.25, 0.3) is 0 Å². The van der Waals surface area contributed by atoms with Gasteiger partial charge in [-0.2, -0.15) is 0 Å². The number of carboxylic acid groups (broad SMARTS) is 1. The highest BCUT2D eigenvalue weighted by atomic mass is 19.1. The summed E-state index contributed by atoms with van der Waals surface area (Å²) >= 11 is 0. The van der Waals surface area contributed by atoms with E-state index in [-0.39, 0.29) is 18.2 Å². The number of aliphatic carboxylic acids is 1. The second-order valence-electron chi connectivity index (χ2n) is 8.04. The molecule has 0 saturated heterocycles. The molecule has 0 aliphatic rings. The quantitative estimate of drug-likeness (QED) is 0.326. The maximum absolute atomic E-state index is 14.6. The SMILES string of the molecule is CCOCc1cc(COc2cccc([C@H](CC)CC(=O)O)c2)ccc1-c1cc(OC)ccc1F. The van der Waals surface area contributed by atoms with Crippen molar-refractivity contribution in [1.29, 1.82) is 0 Å². The van der Waals surface area contributed by atoms with Crippen LogP contribution in [0, 0.1) is 5.82 Å². The molecular formula is C28H31FO5. The molecule has 0 heterocycles. The third-order valence-electron chi connectivity index (χ3n) is 5.74. The average Bonchev–Trinajstić information content (AvgIpc) is 2.85. The Morgan fingerprint density at radius 2 is 1.79 bits per heavy atom. The predicted octanol–water partition coefficient (Wildman–Crippen LogP) is 6.59. The lowest BCUT2D eigenvalue weighted by Gasteiger charge is -2.16. The molecule has 3 aromatic carbocycles. The van der Waals surface area contributed by atoms with E-state index in [0.29, 0.717) is 36.9 Å². The van der Waals surface area contributed by atoms with Crippen molar-refractivity contribution >= 4 is 5.97 Å². The highest BCUT2D eigenvalue weighted by Crippen LogP contribution is 2.32. The van der Waals surface area contributed by atoms with Crippen LogP contribution in [0.2, 0.25) is 0 Å². The number of carboxylic acids is 1. The number of methoxy groups -OCH3 is 1. The summed E-state index contributed by atoms with van der Waals surface area (Å²) < 4.78 is 31.5. The molecule has 3 aromatic rings. The normalized spacial score (nSPS) is 11.8.